The van der Waals surface area contributed by atoms with E-state index in [9.17, 15) is 4.79 Å². The van der Waals surface area contributed by atoms with Gasteiger partial charge in [0.1, 0.15) is 5.84 Å². The zero-order valence-electron chi connectivity index (χ0n) is 12.0. The summed E-state index contributed by atoms with van der Waals surface area (Å²) in [5.74, 6) is 1.26. The van der Waals surface area contributed by atoms with Gasteiger partial charge in [0.25, 0.3) is 5.56 Å². The van der Waals surface area contributed by atoms with Crippen molar-refractivity contribution >= 4 is 34.9 Å². The summed E-state index contributed by atoms with van der Waals surface area (Å²) in [5.41, 5.74) is 6.67. The van der Waals surface area contributed by atoms with Gasteiger partial charge in [-0.3, -0.25) is 9.78 Å². The number of nitrogens with one attached hydrogen (secondary N) is 1. The summed E-state index contributed by atoms with van der Waals surface area (Å²) < 4.78 is 0. The second-order valence-corrected chi connectivity index (χ2v) is 5.76. The van der Waals surface area contributed by atoms with E-state index < -0.39 is 0 Å². The molecule has 8 heteroatoms. The highest BCUT2D eigenvalue weighted by molar-refractivity contribution is 7.99. The lowest BCUT2D eigenvalue weighted by Crippen LogP contribution is -2.15. The van der Waals surface area contributed by atoms with E-state index in [2.05, 4.69) is 27.1 Å². The molecule has 2 aromatic rings. The number of hydrogen-bond donors (Lipinski definition) is 2. The van der Waals surface area contributed by atoms with Crippen LogP contribution in [0.5, 0.6) is 0 Å². The Morgan fingerprint density at radius 2 is 2.18 bits per heavy atom. The second-order valence-electron chi connectivity index (χ2n) is 4.41. The maximum atomic E-state index is 12.2. The molecule has 3 N–H and O–H groups in total. The Hall–Kier alpha value is -1.86. The van der Waals surface area contributed by atoms with E-state index in [1.54, 1.807) is 24.3 Å². The summed E-state index contributed by atoms with van der Waals surface area (Å²) in [6.07, 6.45) is 0.991. The van der Waals surface area contributed by atoms with Crippen LogP contribution >= 0.6 is 23.4 Å². The van der Waals surface area contributed by atoms with Gasteiger partial charge in [-0.25, -0.2) is 4.99 Å². The Kier molecular flexibility index (Phi) is 5.97. The smallest absolute Gasteiger partial charge is 0.278 e. The summed E-state index contributed by atoms with van der Waals surface area (Å²) in [6, 6.07) is 7.09. The van der Waals surface area contributed by atoms with Crippen LogP contribution in [0.3, 0.4) is 0 Å². The normalized spacial score (nSPS) is 11.6. The lowest BCUT2D eigenvalue weighted by Gasteiger charge is -2.05. The number of benzene rings is 1. The largest absolute Gasteiger partial charge is 0.386 e. The van der Waals surface area contributed by atoms with Gasteiger partial charge in [-0.1, -0.05) is 36.9 Å². The molecule has 0 amide bonds. The highest BCUT2D eigenvalue weighted by Crippen LogP contribution is 2.26. The SMILES string of the molecule is CCCSc1nnc(-c2ccccc2N=C(N)CCl)c(=O)[nH]1. The molecule has 0 fully saturated rings. The maximum absolute atomic E-state index is 12.2. The summed E-state index contributed by atoms with van der Waals surface area (Å²) in [6.45, 7) is 2.06. The van der Waals surface area contributed by atoms with Crippen LogP contribution in [0.25, 0.3) is 11.3 Å². The van der Waals surface area contributed by atoms with Crippen molar-refractivity contribution in [2.24, 2.45) is 10.7 Å². The first-order valence-corrected chi connectivity index (χ1v) is 8.26. The quantitative estimate of drug-likeness (QED) is 0.365. The van der Waals surface area contributed by atoms with Crippen molar-refractivity contribution < 1.29 is 0 Å². The third-order valence-corrected chi connectivity index (χ3v) is 4.02. The number of rotatable bonds is 6. The van der Waals surface area contributed by atoms with Gasteiger partial charge in [-0.2, -0.15) is 0 Å². The van der Waals surface area contributed by atoms with E-state index in [4.69, 9.17) is 17.3 Å². The van der Waals surface area contributed by atoms with Crippen LogP contribution in [0.2, 0.25) is 0 Å². The number of halogens is 1. The van der Waals surface area contributed by atoms with Gasteiger partial charge in [0, 0.05) is 11.3 Å². The minimum Gasteiger partial charge on any atom is -0.386 e. The molecule has 0 aliphatic carbocycles. The van der Waals surface area contributed by atoms with Crippen LogP contribution in [-0.2, 0) is 0 Å². The molecule has 6 nitrogen and oxygen atoms in total. The molecule has 0 saturated carbocycles. The molecule has 1 aromatic heterocycles. The predicted molar refractivity (Wildman–Crippen MR) is 91.1 cm³/mol. The molecule has 2 rings (SSSR count). The molecule has 0 aliphatic heterocycles. The van der Waals surface area contributed by atoms with Crippen molar-refractivity contribution in [1.29, 1.82) is 0 Å². The first-order chi connectivity index (χ1) is 10.7. The van der Waals surface area contributed by atoms with E-state index in [0.717, 1.165) is 12.2 Å². The molecule has 0 spiro atoms. The number of H-pyrrole nitrogens is 1. The number of aromatic amines is 1. The van der Waals surface area contributed by atoms with Gasteiger partial charge >= 0.3 is 0 Å². The average molecular weight is 338 g/mol. The lowest BCUT2D eigenvalue weighted by atomic mass is 10.1. The average Bonchev–Trinajstić information content (AvgIpc) is 2.53. The van der Waals surface area contributed by atoms with Gasteiger partial charge in [0.05, 0.1) is 11.6 Å². The maximum Gasteiger partial charge on any atom is 0.278 e. The van der Waals surface area contributed by atoms with E-state index in [0.29, 0.717) is 16.4 Å². The van der Waals surface area contributed by atoms with E-state index in [1.165, 1.54) is 11.8 Å². The molecule has 0 atom stereocenters. The molecule has 1 aromatic carbocycles. The van der Waals surface area contributed by atoms with Crippen LogP contribution in [0.15, 0.2) is 39.2 Å². The minimum atomic E-state index is -0.305. The van der Waals surface area contributed by atoms with Crippen molar-refractivity contribution in [1.82, 2.24) is 15.2 Å². The molecule has 0 unspecified atom stereocenters. The molecule has 116 valence electrons. The second kappa shape index (κ2) is 7.95. The first-order valence-electron chi connectivity index (χ1n) is 6.74. The van der Waals surface area contributed by atoms with Gasteiger partial charge in [-0.05, 0) is 12.5 Å². The fourth-order valence-electron chi connectivity index (χ4n) is 1.72. The topological polar surface area (TPSA) is 97.0 Å². The Balaban J connectivity index is 2.42. The Morgan fingerprint density at radius 1 is 1.41 bits per heavy atom. The molecular weight excluding hydrogens is 322 g/mol. The van der Waals surface area contributed by atoms with Crippen molar-refractivity contribution in [3.8, 4) is 11.3 Å². The molecule has 0 saturated heterocycles. The van der Waals surface area contributed by atoms with Crippen molar-refractivity contribution in [2.45, 2.75) is 18.5 Å². The zero-order chi connectivity index (χ0) is 15.9. The monoisotopic (exact) mass is 337 g/mol. The number of nitrogens with zero attached hydrogens (tertiary/aromatic N) is 3. The molecule has 0 radical (unpaired) electrons. The van der Waals surface area contributed by atoms with Gasteiger partial charge in [0.2, 0.25) is 0 Å². The lowest BCUT2D eigenvalue weighted by molar-refractivity contribution is 0.823. The third kappa shape index (κ3) is 4.08. The van der Waals surface area contributed by atoms with Gasteiger partial charge < -0.3 is 5.73 Å². The Morgan fingerprint density at radius 3 is 2.86 bits per heavy atom. The highest BCUT2D eigenvalue weighted by Gasteiger charge is 2.12. The summed E-state index contributed by atoms with van der Waals surface area (Å²) in [7, 11) is 0. The number of para-hydroxylation sites is 1. The molecule has 22 heavy (non-hydrogen) atoms. The van der Waals surface area contributed by atoms with E-state index in [1.807, 2.05) is 0 Å². The number of alkyl halides is 1. The molecule has 1 heterocycles. The molecular formula is C14H16ClN5OS. The Bertz CT molecular complexity index is 731. The van der Waals surface area contributed by atoms with Crippen LogP contribution in [0, 0.1) is 0 Å². The first kappa shape index (κ1) is 16.5. The third-order valence-electron chi connectivity index (χ3n) is 2.68. The van der Waals surface area contributed by atoms with Crippen LogP contribution in [0.1, 0.15) is 13.3 Å². The van der Waals surface area contributed by atoms with Crippen molar-refractivity contribution in [3.63, 3.8) is 0 Å². The van der Waals surface area contributed by atoms with Crippen LogP contribution in [-0.4, -0.2) is 32.6 Å². The Labute approximate surface area is 137 Å². The molecule has 0 aliphatic rings. The van der Waals surface area contributed by atoms with Crippen LogP contribution in [0.4, 0.5) is 5.69 Å². The zero-order valence-corrected chi connectivity index (χ0v) is 13.6. The summed E-state index contributed by atoms with van der Waals surface area (Å²) >= 11 is 7.11. The van der Waals surface area contributed by atoms with E-state index in [-0.39, 0.29) is 23.0 Å². The molecule has 0 bridgehead atoms. The van der Waals surface area contributed by atoms with Gasteiger partial charge in [0.15, 0.2) is 10.9 Å². The fourth-order valence-corrected chi connectivity index (χ4v) is 2.44. The highest BCUT2D eigenvalue weighted by atomic mass is 35.5. The number of thioether (sulfide) groups is 1. The van der Waals surface area contributed by atoms with Gasteiger partial charge in [-0.15, -0.1) is 21.8 Å². The number of amidine groups is 1. The number of aromatic nitrogens is 3. The number of aliphatic imine (C=N–C) groups is 1. The van der Waals surface area contributed by atoms with Crippen LogP contribution < -0.4 is 11.3 Å². The number of hydrogen-bond acceptors (Lipinski definition) is 5. The van der Waals surface area contributed by atoms with Crippen molar-refractivity contribution in [2.75, 3.05) is 11.6 Å². The van der Waals surface area contributed by atoms with Crippen molar-refractivity contribution in [3.05, 3.63) is 34.6 Å². The standard InChI is InChI=1S/C14H16ClN5OS/c1-2-7-22-14-18-13(21)12(19-20-14)9-5-3-4-6-10(9)17-11(16)8-15/h3-6H,2,7-8H2,1H3,(H2,16,17)(H,18,20,21). The van der Waals surface area contributed by atoms with E-state index >= 15 is 0 Å². The number of nitrogens with two attached hydrogens (primary N) is 1. The predicted octanol–water partition coefficient (Wildman–Crippen LogP) is 2.56. The fraction of sp³-hybridized carbons (Fsp3) is 0.286. The summed E-state index contributed by atoms with van der Waals surface area (Å²) in [4.78, 5) is 19.2. The summed E-state index contributed by atoms with van der Waals surface area (Å²) in [5, 5.41) is 8.59. The minimum absolute atomic E-state index is 0.114.